The van der Waals surface area contributed by atoms with Crippen LogP contribution < -0.4 is 5.32 Å². The number of fused-ring (bicyclic) bond motifs is 1. The predicted molar refractivity (Wildman–Crippen MR) is 117 cm³/mol. The van der Waals surface area contributed by atoms with Crippen LogP contribution in [0.25, 0.3) is 10.9 Å². The quantitative estimate of drug-likeness (QED) is 0.699. The third-order valence-corrected chi connectivity index (χ3v) is 5.80. The number of pyridine rings is 1. The largest absolute Gasteiger partial charge is 0.373 e. The molecule has 1 fully saturated rings. The van der Waals surface area contributed by atoms with E-state index in [9.17, 15) is 4.79 Å². The minimum atomic E-state index is -0.152. The van der Waals surface area contributed by atoms with Crippen LogP contribution >= 0.6 is 11.3 Å². The molecule has 1 amide bonds. The van der Waals surface area contributed by atoms with Crippen molar-refractivity contribution in [1.29, 1.82) is 0 Å². The van der Waals surface area contributed by atoms with Crippen LogP contribution in [-0.4, -0.2) is 46.1 Å². The summed E-state index contributed by atoms with van der Waals surface area (Å²) in [4.78, 5) is 24.5. The lowest BCUT2D eigenvalue weighted by molar-refractivity contribution is -0.0707. The van der Waals surface area contributed by atoms with Crippen LogP contribution in [0.2, 0.25) is 0 Å². The van der Waals surface area contributed by atoms with E-state index in [2.05, 4.69) is 34.0 Å². The number of amides is 1. The Kier molecular flexibility index (Phi) is 5.63. The lowest BCUT2D eigenvalue weighted by Gasteiger charge is -2.34. The van der Waals surface area contributed by atoms with Crippen molar-refractivity contribution in [3.8, 4) is 0 Å². The second-order valence-electron chi connectivity index (χ2n) is 7.88. The van der Waals surface area contributed by atoms with E-state index < -0.39 is 0 Å². The molecule has 2 atom stereocenters. The predicted octanol–water partition coefficient (Wildman–Crippen LogP) is 4.17. The van der Waals surface area contributed by atoms with Crippen LogP contribution in [-0.2, 0) is 11.3 Å². The Morgan fingerprint density at radius 3 is 2.72 bits per heavy atom. The maximum Gasteiger partial charge on any atom is 0.258 e. The smallest absolute Gasteiger partial charge is 0.258 e. The Balaban J connectivity index is 1.50. The summed E-state index contributed by atoms with van der Waals surface area (Å²) in [5.41, 5.74) is 4.35. The summed E-state index contributed by atoms with van der Waals surface area (Å²) >= 11 is 1.46. The molecular weight excluding hydrogens is 384 g/mol. The first-order valence-corrected chi connectivity index (χ1v) is 10.8. The Morgan fingerprint density at radius 2 is 1.97 bits per heavy atom. The van der Waals surface area contributed by atoms with E-state index in [1.807, 2.05) is 43.5 Å². The number of hydrogen-bond acceptors (Lipinski definition) is 6. The highest BCUT2D eigenvalue weighted by Crippen LogP contribution is 2.23. The highest BCUT2D eigenvalue weighted by Gasteiger charge is 2.23. The third-order valence-electron chi connectivity index (χ3n) is 4.99. The topological polar surface area (TPSA) is 67.4 Å². The first-order chi connectivity index (χ1) is 13.9. The molecule has 0 spiro atoms. The van der Waals surface area contributed by atoms with Crippen LogP contribution in [0, 0.1) is 13.8 Å². The summed E-state index contributed by atoms with van der Waals surface area (Å²) < 4.78 is 5.79. The number of nitrogens with one attached hydrogen (secondary N) is 1. The third kappa shape index (κ3) is 4.63. The van der Waals surface area contributed by atoms with Crippen LogP contribution in [0.3, 0.4) is 0 Å². The molecule has 29 heavy (non-hydrogen) atoms. The fourth-order valence-corrected chi connectivity index (χ4v) is 4.60. The van der Waals surface area contributed by atoms with Gasteiger partial charge in [0.15, 0.2) is 5.13 Å². The molecule has 1 aliphatic rings. The lowest BCUT2D eigenvalue weighted by atomic mass is 10.0. The Morgan fingerprint density at radius 1 is 1.21 bits per heavy atom. The number of aromatic nitrogens is 2. The first kappa shape index (κ1) is 19.9. The van der Waals surface area contributed by atoms with E-state index in [0.29, 0.717) is 10.7 Å². The number of nitrogens with zero attached hydrogens (tertiary/aromatic N) is 3. The highest BCUT2D eigenvalue weighted by molar-refractivity contribution is 7.14. The number of anilines is 1. The maximum absolute atomic E-state index is 13.0. The van der Waals surface area contributed by atoms with Gasteiger partial charge in [-0.1, -0.05) is 11.6 Å². The van der Waals surface area contributed by atoms with E-state index in [1.165, 1.54) is 11.3 Å². The van der Waals surface area contributed by atoms with E-state index in [4.69, 9.17) is 4.74 Å². The molecule has 152 valence electrons. The fraction of sp³-hybridized carbons (Fsp3) is 0.409. The molecule has 0 aliphatic carbocycles. The minimum Gasteiger partial charge on any atom is -0.373 e. The second kappa shape index (κ2) is 8.18. The Hall–Kier alpha value is -2.35. The zero-order chi connectivity index (χ0) is 20.5. The van der Waals surface area contributed by atoms with Crippen molar-refractivity contribution >= 4 is 33.3 Å². The van der Waals surface area contributed by atoms with Gasteiger partial charge in [-0.15, -0.1) is 11.3 Å². The van der Waals surface area contributed by atoms with Crippen molar-refractivity contribution in [1.82, 2.24) is 14.9 Å². The molecule has 2 aromatic heterocycles. The lowest BCUT2D eigenvalue weighted by Crippen LogP contribution is -2.44. The number of rotatable bonds is 4. The normalized spacial score (nSPS) is 20.1. The number of benzene rings is 1. The molecule has 0 bridgehead atoms. The molecule has 2 unspecified atom stereocenters. The highest BCUT2D eigenvalue weighted by atomic mass is 32.1. The summed E-state index contributed by atoms with van der Waals surface area (Å²) in [6.07, 6.45) is 0.450. The van der Waals surface area contributed by atoms with Crippen molar-refractivity contribution in [2.24, 2.45) is 0 Å². The second-order valence-corrected chi connectivity index (χ2v) is 8.74. The van der Waals surface area contributed by atoms with Gasteiger partial charge in [0.2, 0.25) is 0 Å². The number of morpholine rings is 1. The van der Waals surface area contributed by atoms with Crippen molar-refractivity contribution in [2.75, 3.05) is 18.4 Å². The molecule has 0 radical (unpaired) electrons. The van der Waals surface area contributed by atoms with Crippen molar-refractivity contribution in [3.63, 3.8) is 0 Å². The summed E-state index contributed by atoms with van der Waals surface area (Å²) in [6.45, 7) is 10.7. The van der Waals surface area contributed by atoms with Crippen LogP contribution in [0.4, 0.5) is 5.13 Å². The monoisotopic (exact) mass is 410 g/mol. The zero-order valence-electron chi connectivity index (χ0n) is 17.2. The maximum atomic E-state index is 13.0. The van der Waals surface area contributed by atoms with E-state index in [0.717, 1.165) is 47.5 Å². The van der Waals surface area contributed by atoms with E-state index in [1.54, 1.807) is 0 Å². The SMILES string of the molecule is Cc1ccc2nc(C)cc(C(=O)Nc3nc(CN4CC(C)OC(C)C4)cs3)c2c1. The summed E-state index contributed by atoms with van der Waals surface area (Å²) in [6, 6.07) is 7.81. The standard InChI is InChI=1S/C22H26N4O2S/c1-13-5-6-20-18(7-13)19(8-14(2)23-20)21(27)25-22-24-17(12-29-22)11-26-9-15(3)28-16(4)10-26/h5-8,12,15-16H,9-11H2,1-4H3,(H,24,25,27). The van der Waals surface area contributed by atoms with Gasteiger partial charge in [-0.2, -0.15) is 0 Å². The Labute approximate surface area is 174 Å². The number of carbonyl (C=O) groups excluding carboxylic acids is 1. The van der Waals surface area contributed by atoms with Gasteiger partial charge in [-0.05, 0) is 45.9 Å². The van der Waals surface area contributed by atoms with E-state index >= 15 is 0 Å². The van der Waals surface area contributed by atoms with Gasteiger partial charge in [0.05, 0.1) is 29.0 Å². The molecule has 7 heteroatoms. The number of aryl methyl sites for hydroxylation is 2. The summed E-state index contributed by atoms with van der Waals surface area (Å²) in [5, 5.41) is 6.47. The molecule has 3 aromatic rings. The molecule has 1 aliphatic heterocycles. The average Bonchev–Trinajstić information content (AvgIpc) is 3.07. The van der Waals surface area contributed by atoms with Gasteiger partial charge >= 0.3 is 0 Å². The Bertz CT molecular complexity index is 1040. The number of hydrogen-bond donors (Lipinski definition) is 1. The van der Waals surface area contributed by atoms with Crippen LogP contribution in [0.15, 0.2) is 29.6 Å². The average molecular weight is 411 g/mol. The first-order valence-electron chi connectivity index (χ1n) is 9.89. The molecule has 1 saturated heterocycles. The van der Waals surface area contributed by atoms with E-state index in [-0.39, 0.29) is 18.1 Å². The van der Waals surface area contributed by atoms with Crippen molar-refractivity contribution in [2.45, 2.75) is 46.4 Å². The van der Waals surface area contributed by atoms with Gasteiger partial charge in [0, 0.05) is 36.1 Å². The molecule has 1 N–H and O–H groups in total. The molecule has 3 heterocycles. The molecule has 1 aromatic carbocycles. The van der Waals surface area contributed by atoms with Gasteiger partial charge in [0.1, 0.15) is 0 Å². The van der Waals surface area contributed by atoms with Gasteiger partial charge in [-0.25, -0.2) is 4.98 Å². The molecule has 0 saturated carbocycles. The minimum absolute atomic E-state index is 0.152. The van der Waals surface area contributed by atoms with Crippen LogP contribution in [0.1, 0.15) is 41.2 Å². The number of ether oxygens (including phenoxy) is 1. The molecule has 6 nitrogen and oxygen atoms in total. The van der Waals surface area contributed by atoms with Gasteiger partial charge in [-0.3, -0.25) is 20.0 Å². The molecule has 4 rings (SSSR count). The van der Waals surface area contributed by atoms with Crippen molar-refractivity contribution < 1.29 is 9.53 Å². The molecular formula is C22H26N4O2S. The van der Waals surface area contributed by atoms with Crippen LogP contribution in [0.5, 0.6) is 0 Å². The zero-order valence-corrected chi connectivity index (χ0v) is 18.0. The summed E-state index contributed by atoms with van der Waals surface area (Å²) in [7, 11) is 0. The number of carbonyl (C=O) groups is 1. The van der Waals surface area contributed by atoms with Gasteiger partial charge < -0.3 is 4.74 Å². The van der Waals surface area contributed by atoms with Gasteiger partial charge in [0.25, 0.3) is 5.91 Å². The number of thiazole rings is 1. The fourth-order valence-electron chi connectivity index (χ4n) is 3.90. The summed E-state index contributed by atoms with van der Waals surface area (Å²) in [5.74, 6) is -0.152. The van der Waals surface area contributed by atoms with Crippen molar-refractivity contribution in [3.05, 3.63) is 52.2 Å².